The number of aryl methyl sites for hydroxylation is 1. The Morgan fingerprint density at radius 1 is 1.09 bits per heavy atom. The number of anilines is 1. The van der Waals surface area contributed by atoms with Crippen LogP contribution in [-0.2, 0) is 0 Å². The summed E-state index contributed by atoms with van der Waals surface area (Å²) in [5, 5.41) is 3.07. The molecule has 2 rings (SSSR count). The van der Waals surface area contributed by atoms with Crippen LogP contribution in [0, 0.1) is 6.92 Å². The quantitative estimate of drug-likeness (QED) is 0.839. The summed E-state index contributed by atoms with van der Waals surface area (Å²) in [5.41, 5.74) is 9.16. The highest BCUT2D eigenvalue weighted by molar-refractivity contribution is 5.96. The Balaban J connectivity index is 0.00000242. The summed E-state index contributed by atoms with van der Waals surface area (Å²) in [6, 6.07) is 15.6. The maximum absolute atomic E-state index is 12.4. The summed E-state index contributed by atoms with van der Waals surface area (Å²) in [7, 11) is 0. The number of hydrogen-bond donors (Lipinski definition) is 2. The third-order valence-corrected chi connectivity index (χ3v) is 3.94. The van der Waals surface area contributed by atoms with E-state index in [1.54, 1.807) is 6.07 Å². The predicted molar refractivity (Wildman–Crippen MR) is 94.6 cm³/mol. The molecule has 22 heavy (non-hydrogen) atoms. The van der Waals surface area contributed by atoms with Crippen molar-refractivity contribution in [3.05, 3.63) is 65.2 Å². The molecule has 0 bridgehead atoms. The van der Waals surface area contributed by atoms with Gasteiger partial charge in [-0.2, -0.15) is 0 Å². The number of nitrogens with two attached hydrogens (primary N) is 1. The van der Waals surface area contributed by atoms with Crippen LogP contribution in [0.2, 0.25) is 0 Å². The highest BCUT2D eigenvalue weighted by Gasteiger charge is 2.18. The van der Waals surface area contributed by atoms with E-state index in [4.69, 9.17) is 5.73 Å². The standard InChI is InChI=1S/C18H22N2O.ClH/c1-12-9-10-16(19)11-17(12)18(21)20-14(3)13(2)15-7-5-4-6-8-15;/h4-11,13-14H,19H2,1-3H3,(H,20,21);1H. The molecule has 0 aliphatic rings. The molecule has 3 N–H and O–H groups in total. The summed E-state index contributed by atoms with van der Waals surface area (Å²) < 4.78 is 0. The Hall–Kier alpha value is -2.00. The maximum atomic E-state index is 12.4. The van der Waals surface area contributed by atoms with Gasteiger partial charge in [0, 0.05) is 23.2 Å². The topological polar surface area (TPSA) is 55.1 Å². The molecule has 0 radical (unpaired) electrons. The molecule has 4 heteroatoms. The Labute approximate surface area is 138 Å². The minimum Gasteiger partial charge on any atom is -0.399 e. The number of halogens is 1. The molecule has 0 saturated carbocycles. The molecule has 2 aromatic rings. The molecule has 0 saturated heterocycles. The molecule has 0 fully saturated rings. The molecule has 0 aliphatic heterocycles. The number of carbonyl (C=O) groups is 1. The van der Waals surface area contributed by atoms with Crippen molar-refractivity contribution in [2.45, 2.75) is 32.7 Å². The minimum absolute atomic E-state index is 0. The fraction of sp³-hybridized carbons (Fsp3) is 0.278. The SMILES string of the molecule is Cc1ccc(N)cc1C(=O)NC(C)C(C)c1ccccc1.Cl. The van der Waals surface area contributed by atoms with Crippen molar-refractivity contribution >= 4 is 24.0 Å². The average molecular weight is 319 g/mol. The average Bonchev–Trinajstić information content (AvgIpc) is 2.49. The van der Waals surface area contributed by atoms with Crippen LogP contribution in [0.15, 0.2) is 48.5 Å². The zero-order valence-electron chi connectivity index (χ0n) is 13.2. The van der Waals surface area contributed by atoms with Crippen molar-refractivity contribution in [3.8, 4) is 0 Å². The van der Waals surface area contributed by atoms with Crippen molar-refractivity contribution in [2.24, 2.45) is 0 Å². The van der Waals surface area contributed by atoms with Gasteiger partial charge < -0.3 is 11.1 Å². The van der Waals surface area contributed by atoms with E-state index in [1.165, 1.54) is 5.56 Å². The van der Waals surface area contributed by atoms with E-state index in [0.29, 0.717) is 11.3 Å². The highest BCUT2D eigenvalue weighted by Crippen LogP contribution is 2.19. The molecule has 2 atom stereocenters. The van der Waals surface area contributed by atoms with Crippen LogP contribution in [0.25, 0.3) is 0 Å². The Kier molecular flexibility index (Phi) is 6.44. The molecule has 2 aromatic carbocycles. The smallest absolute Gasteiger partial charge is 0.251 e. The summed E-state index contributed by atoms with van der Waals surface area (Å²) in [6.07, 6.45) is 0. The second-order valence-corrected chi connectivity index (χ2v) is 5.54. The van der Waals surface area contributed by atoms with Gasteiger partial charge in [-0.3, -0.25) is 4.79 Å². The second-order valence-electron chi connectivity index (χ2n) is 5.54. The molecule has 1 amide bonds. The lowest BCUT2D eigenvalue weighted by atomic mass is 9.94. The number of hydrogen-bond acceptors (Lipinski definition) is 2. The van der Waals surface area contributed by atoms with Gasteiger partial charge in [-0.1, -0.05) is 43.3 Å². The van der Waals surface area contributed by atoms with Gasteiger partial charge in [0.15, 0.2) is 0 Å². The number of amides is 1. The molecule has 2 unspecified atom stereocenters. The normalized spacial score (nSPS) is 12.9. The first kappa shape index (κ1) is 18.1. The zero-order chi connectivity index (χ0) is 15.4. The summed E-state index contributed by atoms with van der Waals surface area (Å²) >= 11 is 0. The highest BCUT2D eigenvalue weighted by atomic mass is 35.5. The maximum Gasteiger partial charge on any atom is 0.251 e. The lowest BCUT2D eigenvalue weighted by molar-refractivity contribution is 0.0935. The Morgan fingerprint density at radius 3 is 2.36 bits per heavy atom. The van der Waals surface area contributed by atoms with Crippen molar-refractivity contribution in [3.63, 3.8) is 0 Å². The van der Waals surface area contributed by atoms with E-state index in [-0.39, 0.29) is 30.3 Å². The van der Waals surface area contributed by atoms with Gasteiger partial charge in [0.2, 0.25) is 0 Å². The number of nitrogen functional groups attached to an aromatic ring is 1. The summed E-state index contributed by atoms with van der Waals surface area (Å²) in [5.74, 6) is 0.173. The minimum atomic E-state index is -0.0740. The van der Waals surface area contributed by atoms with Crippen LogP contribution in [0.5, 0.6) is 0 Å². The zero-order valence-corrected chi connectivity index (χ0v) is 14.0. The molecule has 3 nitrogen and oxygen atoms in total. The predicted octanol–water partition coefficient (Wildman–Crippen LogP) is 3.92. The van der Waals surface area contributed by atoms with Gasteiger partial charge in [-0.05, 0) is 37.1 Å². The van der Waals surface area contributed by atoms with Crippen molar-refractivity contribution in [2.75, 3.05) is 5.73 Å². The molecule has 0 heterocycles. The number of benzene rings is 2. The van der Waals surface area contributed by atoms with E-state index in [0.717, 1.165) is 5.56 Å². The molecular weight excluding hydrogens is 296 g/mol. The van der Waals surface area contributed by atoms with E-state index < -0.39 is 0 Å². The first-order chi connectivity index (χ1) is 9.99. The van der Waals surface area contributed by atoms with E-state index in [2.05, 4.69) is 24.4 Å². The number of carbonyl (C=O) groups excluding carboxylic acids is 1. The molecule has 0 spiro atoms. The van der Waals surface area contributed by atoms with Gasteiger partial charge in [-0.15, -0.1) is 12.4 Å². The summed E-state index contributed by atoms with van der Waals surface area (Å²) in [6.45, 7) is 6.06. The van der Waals surface area contributed by atoms with Gasteiger partial charge in [-0.25, -0.2) is 0 Å². The van der Waals surface area contributed by atoms with E-state index in [1.807, 2.05) is 44.2 Å². The van der Waals surface area contributed by atoms with Gasteiger partial charge in [0.05, 0.1) is 0 Å². The Bertz CT molecular complexity index is 628. The van der Waals surface area contributed by atoms with Crippen LogP contribution in [0.3, 0.4) is 0 Å². The fourth-order valence-electron chi connectivity index (χ4n) is 2.34. The van der Waals surface area contributed by atoms with Crippen LogP contribution in [0.4, 0.5) is 5.69 Å². The molecule has 0 aliphatic carbocycles. The van der Waals surface area contributed by atoms with Crippen molar-refractivity contribution in [1.29, 1.82) is 0 Å². The first-order valence-electron chi connectivity index (χ1n) is 7.21. The fourth-order valence-corrected chi connectivity index (χ4v) is 2.34. The van der Waals surface area contributed by atoms with Gasteiger partial charge in [0.25, 0.3) is 5.91 Å². The largest absolute Gasteiger partial charge is 0.399 e. The number of nitrogens with one attached hydrogen (secondary N) is 1. The third kappa shape index (κ3) is 4.25. The van der Waals surface area contributed by atoms with Gasteiger partial charge >= 0.3 is 0 Å². The van der Waals surface area contributed by atoms with Gasteiger partial charge in [0.1, 0.15) is 0 Å². The van der Waals surface area contributed by atoms with Crippen molar-refractivity contribution in [1.82, 2.24) is 5.32 Å². The van der Waals surface area contributed by atoms with Crippen LogP contribution >= 0.6 is 12.4 Å². The second kappa shape index (κ2) is 7.85. The van der Waals surface area contributed by atoms with Crippen LogP contribution < -0.4 is 11.1 Å². The monoisotopic (exact) mass is 318 g/mol. The molecule has 0 aromatic heterocycles. The van der Waals surface area contributed by atoms with Crippen LogP contribution in [0.1, 0.15) is 41.3 Å². The van der Waals surface area contributed by atoms with Crippen molar-refractivity contribution < 1.29 is 4.79 Å². The number of rotatable bonds is 4. The van der Waals surface area contributed by atoms with E-state index >= 15 is 0 Å². The lowest BCUT2D eigenvalue weighted by Gasteiger charge is -2.22. The first-order valence-corrected chi connectivity index (χ1v) is 7.21. The third-order valence-electron chi connectivity index (χ3n) is 3.94. The molecular formula is C18H23ClN2O. The van der Waals surface area contributed by atoms with Crippen LogP contribution in [-0.4, -0.2) is 11.9 Å². The Morgan fingerprint density at radius 2 is 1.73 bits per heavy atom. The summed E-state index contributed by atoms with van der Waals surface area (Å²) in [4.78, 5) is 12.4. The lowest BCUT2D eigenvalue weighted by Crippen LogP contribution is -2.36. The van der Waals surface area contributed by atoms with E-state index in [9.17, 15) is 4.79 Å². The molecule has 118 valence electrons.